The van der Waals surface area contributed by atoms with Crippen molar-refractivity contribution in [1.29, 1.82) is 0 Å². The first-order valence-electron chi connectivity index (χ1n) is 8.29. The molecule has 1 N–H and O–H groups in total. The van der Waals surface area contributed by atoms with Crippen LogP contribution in [-0.2, 0) is 0 Å². The Balaban J connectivity index is 1.95. The fourth-order valence-corrected chi connectivity index (χ4v) is 2.69. The third-order valence-corrected chi connectivity index (χ3v) is 4.05. The van der Waals surface area contributed by atoms with E-state index in [1.54, 1.807) is 0 Å². The molecule has 0 radical (unpaired) electrons. The number of rotatable bonds is 7. The van der Waals surface area contributed by atoms with E-state index < -0.39 is 0 Å². The Bertz CT molecular complexity index is 427. The molecule has 1 aliphatic rings. The van der Waals surface area contributed by atoms with Gasteiger partial charge < -0.3 is 15.1 Å². The Morgan fingerprint density at radius 1 is 1.10 bits per heavy atom. The highest BCUT2D eigenvalue weighted by molar-refractivity contribution is 5.49. The predicted octanol–water partition coefficient (Wildman–Crippen LogP) is 2.53. The van der Waals surface area contributed by atoms with E-state index >= 15 is 0 Å². The zero-order valence-corrected chi connectivity index (χ0v) is 13.7. The monoisotopic (exact) mass is 291 g/mol. The molecule has 2 heterocycles. The molecule has 118 valence electrons. The molecule has 1 aromatic heterocycles. The summed E-state index contributed by atoms with van der Waals surface area (Å²) in [5.41, 5.74) is 0. The third-order valence-electron chi connectivity index (χ3n) is 4.05. The normalized spacial score (nSPS) is 16.2. The van der Waals surface area contributed by atoms with E-state index in [2.05, 4.69) is 45.0 Å². The zero-order valence-electron chi connectivity index (χ0n) is 13.7. The van der Waals surface area contributed by atoms with E-state index in [-0.39, 0.29) is 0 Å². The van der Waals surface area contributed by atoms with Crippen LogP contribution in [0.3, 0.4) is 0 Å². The van der Waals surface area contributed by atoms with Crippen molar-refractivity contribution >= 4 is 11.6 Å². The number of likely N-dealkylation sites (N-methyl/N-ethyl adjacent to an activating group) is 1. The molecule has 0 unspecified atom stereocenters. The molecule has 1 aliphatic heterocycles. The lowest BCUT2D eigenvalue weighted by atomic mass is 10.2. The van der Waals surface area contributed by atoms with E-state index in [0.29, 0.717) is 0 Å². The zero-order chi connectivity index (χ0) is 15.1. The molecule has 0 saturated carbocycles. The van der Waals surface area contributed by atoms with Gasteiger partial charge in [0.05, 0.1) is 0 Å². The Morgan fingerprint density at radius 3 is 2.52 bits per heavy atom. The van der Waals surface area contributed by atoms with Gasteiger partial charge in [-0.05, 0) is 19.9 Å². The van der Waals surface area contributed by atoms with Crippen LogP contribution in [0.2, 0.25) is 0 Å². The second kappa shape index (κ2) is 8.17. The van der Waals surface area contributed by atoms with Crippen molar-refractivity contribution in [3.8, 4) is 0 Å². The Morgan fingerprint density at radius 2 is 1.86 bits per heavy atom. The summed E-state index contributed by atoms with van der Waals surface area (Å²) < 4.78 is 0. The van der Waals surface area contributed by atoms with Crippen molar-refractivity contribution in [3.63, 3.8) is 0 Å². The number of nitrogens with zero attached hydrogens (tertiary/aromatic N) is 4. The highest BCUT2D eigenvalue weighted by atomic mass is 15.3. The highest BCUT2D eigenvalue weighted by Gasteiger charge is 2.17. The van der Waals surface area contributed by atoms with Crippen molar-refractivity contribution in [2.75, 3.05) is 49.5 Å². The smallest absolute Gasteiger partial charge is 0.134 e. The Labute approximate surface area is 128 Å². The van der Waals surface area contributed by atoms with E-state index in [4.69, 9.17) is 0 Å². The summed E-state index contributed by atoms with van der Waals surface area (Å²) in [6.45, 7) is 12.9. The van der Waals surface area contributed by atoms with Crippen molar-refractivity contribution < 1.29 is 0 Å². The van der Waals surface area contributed by atoms with Gasteiger partial charge in [0.2, 0.25) is 0 Å². The van der Waals surface area contributed by atoms with Crippen LogP contribution in [0.4, 0.5) is 11.6 Å². The first kappa shape index (κ1) is 16.0. The molecule has 2 rings (SSSR count). The second-order valence-corrected chi connectivity index (χ2v) is 5.71. The SMILES string of the molecule is CCCCCNc1cc(N2CCN(CC)CC2)nc(C)n1. The summed E-state index contributed by atoms with van der Waals surface area (Å²) >= 11 is 0. The van der Waals surface area contributed by atoms with Gasteiger partial charge in [0.15, 0.2) is 0 Å². The lowest BCUT2D eigenvalue weighted by Crippen LogP contribution is -2.46. The fourth-order valence-electron chi connectivity index (χ4n) is 2.69. The number of hydrogen-bond donors (Lipinski definition) is 1. The first-order chi connectivity index (χ1) is 10.2. The molecular weight excluding hydrogens is 262 g/mol. The van der Waals surface area contributed by atoms with Gasteiger partial charge in [-0.1, -0.05) is 26.7 Å². The van der Waals surface area contributed by atoms with E-state index in [1.807, 2.05) is 6.92 Å². The molecule has 21 heavy (non-hydrogen) atoms. The minimum atomic E-state index is 0.850. The van der Waals surface area contributed by atoms with Gasteiger partial charge in [0.25, 0.3) is 0 Å². The van der Waals surface area contributed by atoms with E-state index in [1.165, 1.54) is 19.3 Å². The third kappa shape index (κ3) is 4.84. The average Bonchev–Trinajstić information content (AvgIpc) is 2.51. The summed E-state index contributed by atoms with van der Waals surface area (Å²) in [7, 11) is 0. The van der Waals surface area contributed by atoms with Gasteiger partial charge in [0.1, 0.15) is 17.5 Å². The van der Waals surface area contributed by atoms with Crippen molar-refractivity contribution in [2.24, 2.45) is 0 Å². The summed E-state index contributed by atoms with van der Waals surface area (Å²) in [5, 5.41) is 3.43. The van der Waals surface area contributed by atoms with Gasteiger partial charge in [0, 0.05) is 38.8 Å². The summed E-state index contributed by atoms with van der Waals surface area (Å²) in [6.07, 6.45) is 3.71. The van der Waals surface area contributed by atoms with Crippen molar-refractivity contribution in [3.05, 3.63) is 11.9 Å². The molecule has 1 fully saturated rings. The minimum absolute atomic E-state index is 0.850. The van der Waals surface area contributed by atoms with Crippen LogP contribution >= 0.6 is 0 Å². The van der Waals surface area contributed by atoms with Crippen LogP contribution in [0.1, 0.15) is 38.9 Å². The molecule has 0 aromatic carbocycles. The molecule has 5 heteroatoms. The van der Waals surface area contributed by atoms with Crippen LogP contribution in [0, 0.1) is 6.92 Å². The molecule has 1 aromatic rings. The standard InChI is InChI=1S/C16H29N5/c1-4-6-7-8-17-15-13-16(19-14(3)18-15)21-11-9-20(5-2)10-12-21/h13H,4-12H2,1-3H3,(H,17,18,19). The van der Waals surface area contributed by atoms with Crippen molar-refractivity contribution in [2.45, 2.75) is 40.0 Å². The van der Waals surface area contributed by atoms with Gasteiger partial charge in [-0.15, -0.1) is 0 Å². The number of aryl methyl sites for hydroxylation is 1. The predicted molar refractivity (Wildman–Crippen MR) is 89.1 cm³/mol. The number of anilines is 2. The fraction of sp³-hybridized carbons (Fsp3) is 0.750. The van der Waals surface area contributed by atoms with Crippen LogP contribution in [0.5, 0.6) is 0 Å². The van der Waals surface area contributed by atoms with E-state index in [9.17, 15) is 0 Å². The maximum absolute atomic E-state index is 4.61. The maximum atomic E-state index is 4.61. The molecule has 0 spiro atoms. The summed E-state index contributed by atoms with van der Waals surface area (Å²) in [5.74, 6) is 2.88. The van der Waals surface area contributed by atoms with Crippen LogP contribution < -0.4 is 10.2 Å². The number of aromatic nitrogens is 2. The highest BCUT2D eigenvalue weighted by Crippen LogP contribution is 2.17. The molecule has 5 nitrogen and oxygen atoms in total. The number of hydrogen-bond acceptors (Lipinski definition) is 5. The number of nitrogens with one attached hydrogen (secondary N) is 1. The molecule has 0 bridgehead atoms. The van der Waals surface area contributed by atoms with Gasteiger partial charge in [-0.25, -0.2) is 9.97 Å². The minimum Gasteiger partial charge on any atom is -0.370 e. The van der Waals surface area contributed by atoms with Gasteiger partial charge in [-0.2, -0.15) is 0 Å². The Kier molecular flexibility index (Phi) is 6.23. The summed E-state index contributed by atoms with van der Waals surface area (Å²) in [4.78, 5) is 14.0. The van der Waals surface area contributed by atoms with Crippen molar-refractivity contribution in [1.82, 2.24) is 14.9 Å². The quantitative estimate of drug-likeness (QED) is 0.782. The van der Waals surface area contributed by atoms with E-state index in [0.717, 1.165) is 56.7 Å². The molecule has 1 saturated heterocycles. The first-order valence-corrected chi connectivity index (χ1v) is 8.29. The largest absolute Gasteiger partial charge is 0.370 e. The molecular formula is C16H29N5. The van der Waals surface area contributed by atoms with Crippen LogP contribution in [0.15, 0.2) is 6.07 Å². The lowest BCUT2D eigenvalue weighted by Gasteiger charge is -2.34. The number of piperazine rings is 1. The van der Waals surface area contributed by atoms with Gasteiger partial charge in [-0.3, -0.25) is 0 Å². The lowest BCUT2D eigenvalue weighted by molar-refractivity contribution is 0.270. The average molecular weight is 291 g/mol. The maximum Gasteiger partial charge on any atom is 0.134 e. The molecule has 0 amide bonds. The Hall–Kier alpha value is -1.36. The molecule has 0 aliphatic carbocycles. The molecule has 0 atom stereocenters. The summed E-state index contributed by atoms with van der Waals surface area (Å²) in [6, 6.07) is 2.10. The van der Waals surface area contributed by atoms with Gasteiger partial charge >= 0.3 is 0 Å². The topological polar surface area (TPSA) is 44.3 Å². The van der Waals surface area contributed by atoms with Crippen LogP contribution in [0.25, 0.3) is 0 Å². The second-order valence-electron chi connectivity index (χ2n) is 5.71. The number of unbranched alkanes of at least 4 members (excludes halogenated alkanes) is 2. The van der Waals surface area contributed by atoms with Crippen LogP contribution in [-0.4, -0.2) is 54.1 Å².